The predicted molar refractivity (Wildman–Crippen MR) is 190 cm³/mol. The van der Waals surface area contributed by atoms with Crippen molar-refractivity contribution in [2.75, 3.05) is 23.0 Å². The standard InChI is InChI=1S/C36H34N4O3S2/c1-4-21-39(29-17-9-27(10-18-29)22-33-35(43)38(24-34(41)42)36(44)45-33)37-23-28-11-19-32(20-12-28)40(30-13-5-25(2)6-14-30)31-15-7-26(3)8-16-31/h5-20,22-23H,4,21,24H2,1-3H3,(H,41,42)/b33-22+,37-23+. The number of nitrogens with zero attached hydrogens (tertiary/aromatic N) is 4. The number of carboxylic acid groups (broad SMARTS) is 1. The van der Waals surface area contributed by atoms with E-state index in [1.807, 2.05) is 35.5 Å². The highest BCUT2D eigenvalue weighted by molar-refractivity contribution is 8.26. The second kappa shape index (κ2) is 14.4. The molecule has 1 aliphatic rings. The Morgan fingerprint density at radius 1 is 0.822 bits per heavy atom. The number of hydrogen-bond acceptors (Lipinski definition) is 7. The van der Waals surface area contributed by atoms with Crippen molar-refractivity contribution >= 4 is 75.2 Å². The second-order valence-electron chi connectivity index (χ2n) is 10.7. The van der Waals surface area contributed by atoms with Crippen molar-refractivity contribution in [1.82, 2.24) is 4.90 Å². The van der Waals surface area contributed by atoms with Gasteiger partial charge in [-0.1, -0.05) is 90.6 Å². The summed E-state index contributed by atoms with van der Waals surface area (Å²) in [6, 6.07) is 33.2. The second-order valence-corrected chi connectivity index (χ2v) is 12.4. The minimum atomic E-state index is -1.10. The van der Waals surface area contributed by atoms with Crippen molar-refractivity contribution in [3.63, 3.8) is 0 Å². The summed E-state index contributed by atoms with van der Waals surface area (Å²) in [5.41, 5.74) is 8.39. The lowest BCUT2D eigenvalue weighted by molar-refractivity contribution is -0.140. The van der Waals surface area contributed by atoms with Crippen LogP contribution in [0.5, 0.6) is 0 Å². The van der Waals surface area contributed by atoms with Crippen molar-refractivity contribution in [2.24, 2.45) is 5.10 Å². The lowest BCUT2D eigenvalue weighted by atomic mass is 10.1. The van der Waals surface area contributed by atoms with Crippen molar-refractivity contribution < 1.29 is 14.7 Å². The van der Waals surface area contributed by atoms with Gasteiger partial charge in [0.15, 0.2) is 0 Å². The number of aliphatic carboxylic acids is 1. The molecule has 0 bridgehead atoms. The van der Waals surface area contributed by atoms with Crippen molar-refractivity contribution in [3.05, 3.63) is 124 Å². The highest BCUT2D eigenvalue weighted by Gasteiger charge is 2.33. The Kier molecular flexibility index (Phi) is 10.1. The first kappa shape index (κ1) is 31.7. The first-order valence-corrected chi connectivity index (χ1v) is 15.9. The van der Waals surface area contributed by atoms with Gasteiger partial charge < -0.3 is 10.0 Å². The Labute approximate surface area is 273 Å². The van der Waals surface area contributed by atoms with Crippen LogP contribution in [0.4, 0.5) is 22.7 Å². The number of thiocarbonyl (C=S) groups is 1. The summed E-state index contributed by atoms with van der Waals surface area (Å²) in [6.45, 7) is 6.58. The van der Waals surface area contributed by atoms with Gasteiger partial charge in [0.1, 0.15) is 10.9 Å². The highest BCUT2D eigenvalue weighted by Crippen LogP contribution is 2.35. The average molecular weight is 635 g/mol. The fourth-order valence-corrected chi connectivity index (χ4v) is 6.07. The van der Waals surface area contributed by atoms with Crippen molar-refractivity contribution in [1.29, 1.82) is 0 Å². The molecule has 7 nitrogen and oxygen atoms in total. The van der Waals surface area contributed by atoms with Gasteiger partial charge in [0.05, 0.1) is 16.8 Å². The molecule has 0 atom stereocenters. The van der Waals surface area contributed by atoms with E-state index in [2.05, 4.69) is 98.5 Å². The number of anilines is 4. The van der Waals surface area contributed by atoms with Crippen LogP contribution in [-0.2, 0) is 9.59 Å². The maximum atomic E-state index is 12.6. The highest BCUT2D eigenvalue weighted by atomic mass is 32.2. The van der Waals surface area contributed by atoms with E-state index in [4.69, 9.17) is 22.4 Å². The number of hydrazone groups is 1. The zero-order valence-electron chi connectivity index (χ0n) is 25.4. The monoisotopic (exact) mass is 634 g/mol. The Balaban J connectivity index is 1.32. The van der Waals surface area contributed by atoms with Crippen LogP contribution in [0, 0.1) is 13.8 Å². The van der Waals surface area contributed by atoms with Crippen LogP contribution in [0.1, 0.15) is 35.6 Å². The van der Waals surface area contributed by atoms with Crippen molar-refractivity contribution in [2.45, 2.75) is 27.2 Å². The van der Waals surface area contributed by atoms with E-state index in [0.29, 0.717) is 4.91 Å². The van der Waals surface area contributed by atoms with E-state index in [-0.39, 0.29) is 10.2 Å². The maximum absolute atomic E-state index is 12.6. The summed E-state index contributed by atoms with van der Waals surface area (Å²) in [5.74, 6) is -1.49. The predicted octanol–water partition coefficient (Wildman–Crippen LogP) is 8.31. The third-order valence-electron chi connectivity index (χ3n) is 7.17. The van der Waals surface area contributed by atoms with Gasteiger partial charge in [-0.25, -0.2) is 0 Å². The largest absolute Gasteiger partial charge is 0.480 e. The first-order valence-electron chi connectivity index (χ1n) is 14.6. The first-order chi connectivity index (χ1) is 21.7. The molecule has 0 spiro atoms. The molecular weight excluding hydrogens is 601 g/mol. The summed E-state index contributed by atoms with van der Waals surface area (Å²) in [6.07, 6.45) is 4.51. The van der Waals surface area contributed by atoms with E-state index < -0.39 is 12.5 Å². The fraction of sp³-hybridized carbons (Fsp3) is 0.167. The Hall–Kier alpha value is -4.73. The summed E-state index contributed by atoms with van der Waals surface area (Å²) >= 11 is 6.31. The van der Waals surface area contributed by atoms with Gasteiger partial charge >= 0.3 is 5.97 Å². The molecule has 4 aromatic rings. The number of aryl methyl sites for hydroxylation is 2. The van der Waals surface area contributed by atoms with E-state index in [9.17, 15) is 9.59 Å². The van der Waals surface area contributed by atoms with Gasteiger partial charge in [0.2, 0.25) is 0 Å². The summed E-state index contributed by atoms with van der Waals surface area (Å²) < 4.78 is 0.250. The third-order valence-corrected chi connectivity index (χ3v) is 8.55. The molecule has 0 unspecified atom stereocenters. The van der Waals surface area contributed by atoms with Gasteiger partial charge in [-0.3, -0.25) is 19.5 Å². The molecular formula is C36H34N4O3S2. The molecule has 45 heavy (non-hydrogen) atoms. The van der Waals surface area contributed by atoms with Gasteiger partial charge in [-0.15, -0.1) is 0 Å². The molecule has 1 N–H and O–H groups in total. The molecule has 5 rings (SSSR count). The van der Waals surface area contributed by atoms with E-state index in [1.165, 1.54) is 11.1 Å². The Morgan fingerprint density at radius 3 is 1.82 bits per heavy atom. The Morgan fingerprint density at radius 2 is 1.31 bits per heavy atom. The van der Waals surface area contributed by atoms with Crippen LogP contribution < -0.4 is 9.91 Å². The lowest BCUT2D eigenvalue weighted by Crippen LogP contribution is -2.33. The lowest BCUT2D eigenvalue weighted by Gasteiger charge is -2.26. The smallest absolute Gasteiger partial charge is 0.323 e. The molecule has 0 saturated carbocycles. The molecule has 1 saturated heterocycles. The molecule has 1 heterocycles. The summed E-state index contributed by atoms with van der Waals surface area (Å²) in [7, 11) is 0. The van der Waals surface area contributed by atoms with Gasteiger partial charge in [0, 0.05) is 23.6 Å². The van der Waals surface area contributed by atoms with Gasteiger partial charge in [-0.05, 0) is 86.0 Å². The van der Waals surface area contributed by atoms with Crippen molar-refractivity contribution in [3.8, 4) is 0 Å². The summed E-state index contributed by atoms with van der Waals surface area (Å²) in [5, 5.41) is 15.8. The van der Waals surface area contributed by atoms with Crippen LogP contribution in [-0.4, -0.2) is 45.5 Å². The molecule has 0 aliphatic carbocycles. The SMILES string of the molecule is CCCN(/N=C/c1ccc(N(c2ccc(C)cc2)c2ccc(C)cc2)cc1)c1ccc(/C=C2/SC(=S)N(CC(=O)O)C2=O)cc1. The number of hydrogen-bond donors (Lipinski definition) is 1. The van der Waals surface area contributed by atoms with Crippen LogP contribution in [0.15, 0.2) is 107 Å². The minimum Gasteiger partial charge on any atom is -0.480 e. The number of carbonyl (C=O) groups is 2. The average Bonchev–Trinajstić information content (AvgIpc) is 3.29. The van der Waals surface area contributed by atoms with E-state index >= 15 is 0 Å². The molecule has 228 valence electrons. The number of carboxylic acids is 1. The van der Waals surface area contributed by atoms with Crippen LogP contribution in [0.2, 0.25) is 0 Å². The number of carbonyl (C=O) groups excluding carboxylic acids is 1. The molecule has 0 radical (unpaired) electrons. The molecule has 0 aromatic heterocycles. The number of rotatable bonds is 11. The third kappa shape index (κ3) is 7.87. The maximum Gasteiger partial charge on any atom is 0.323 e. The number of benzene rings is 4. The minimum absolute atomic E-state index is 0.250. The normalized spacial score (nSPS) is 14.0. The molecule has 4 aromatic carbocycles. The van der Waals surface area contributed by atoms with Gasteiger partial charge in [0.25, 0.3) is 5.91 Å². The molecule has 9 heteroatoms. The molecule has 1 fully saturated rings. The van der Waals surface area contributed by atoms with E-state index in [0.717, 1.165) is 63.5 Å². The Bertz CT molecular complexity index is 1690. The fourth-order valence-electron chi connectivity index (χ4n) is 4.81. The topological polar surface area (TPSA) is 76.4 Å². The zero-order chi connectivity index (χ0) is 31.9. The molecule has 1 aliphatic heterocycles. The zero-order valence-corrected chi connectivity index (χ0v) is 27.0. The quantitative estimate of drug-likeness (QED) is 0.0770. The van der Waals surface area contributed by atoms with Gasteiger partial charge in [-0.2, -0.15) is 5.10 Å². The summed E-state index contributed by atoms with van der Waals surface area (Å²) in [4.78, 5) is 27.5. The van der Waals surface area contributed by atoms with Crippen LogP contribution >= 0.6 is 24.0 Å². The number of amides is 1. The van der Waals surface area contributed by atoms with Crippen LogP contribution in [0.25, 0.3) is 6.08 Å². The van der Waals surface area contributed by atoms with Crippen LogP contribution in [0.3, 0.4) is 0 Å². The van der Waals surface area contributed by atoms with E-state index in [1.54, 1.807) is 6.08 Å². The molecule has 1 amide bonds. The number of thioether (sulfide) groups is 1.